The molecule has 0 saturated heterocycles. The SMILES string of the molecule is COCOCc1cc(Cl)nc(OC)c1.COc1cc(C(=O)O)cc(Cl)n1.COc1cc(CO)cc(Cl)n1. The first-order valence-electron chi connectivity index (χ1n) is 10.2. The van der Waals surface area contributed by atoms with Crippen LogP contribution in [0.15, 0.2) is 36.4 Å². The van der Waals surface area contributed by atoms with Crippen LogP contribution < -0.4 is 14.2 Å². The van der Waals surface area contributed by atoms with Gasteiger partial charge in [0.05, 0.1) is 40.1 Å². The summed E-state index contributed by atoms with van der Waals surface area (Å²) < 4.78 is 24.4. The fraction of sp³-hybridized carbons (Fsp3) is 0.304. The second-order valence-electron chi connectivity index (χ2n) is 6.62. The zero-order chi connectivity index (χ0) is 27.8. The van der Waals surface area contributed by atoms with Crippen LogP contribution in [-0.2, 0) is 22.7 Å². The Bertz CT molecular complexity index is 1120. The lowest BCUT2D eigenvalue weighted by molar-refractivity contribution is -0.0391. The largest absolute Gasteiger partial charge is 0.481 e. The standard InChI is InChI=1S/C9H12ClNO3.C7H6ClNO3.C7H8ClNO2/c1-12-6-14-5-7-3-8(10)11-9(4-7)13-2;1-12-6-3-4(7(10)11)2-5(8)9-6;1-11-7-3-5(4-10)2-6(8)9-7/h3-4H,5-6H2,1-2H3;2-3H,1H3,(H,10,11);2-3,10H,4H2,1H3. The van der Waals surface area contributed by atoms with Gasteiger partial charge in [-0.1, -0.05) is 34.8 Å². The number of hydrogen-bond acceptors (Lipinski definition) is 10. The van der Waals surface area contributed by atoms with E-state index in [1.807, 2.05) is 0 Å². The van der Waals surface area contributed by atoms with Crippen molar-refractivity contribution in [1.29, 1.82) is 0 Å². The number of aromatic carboxylic acids is 1. The van der Waals surface area contributed by atoms with Gasteiger partial charge in [-0.25, -0.2) is 19.7 Å². The van der Waals surface area contributed by atoms with E-state index in [1.54, 1.807) is 38.5 Å². The fourth-order valence-corrected chi connectivity index (χ4v) is 3.02. The van der Waals surface area contributed by atoms with Crippen LogP contribution in [0.5, 0.6) is 17.6 Å². The maximum Gasteiger partial charge on any atom is 0.335 e. The molecule has 0 radical (unpaired) electrons. The van der Waals surface area contributed by atoms with E-state index >= 15 is 0 Å². The number of carboxylic acid groups (broad SMARTS) is 1. The van der Waals surface area contributed by atoms with E-state index < -0.39 is 5.97 Å². The van der Waals surface area contributed by atoms with Crippen molar-refractivity contribution in [2.45, 2.75) is 13.2 Å². The number of carboxylic acids is 1. The number of halogens is 3. The first kappa shape index (κ1) is 32.1. The summed E-state index contributed by atoms with van der Waals surface area (Å²) in [6.07, 6.45) is 0. The molecular weight excluding hydrogens is 553 g/mol. The molecule has 0 aliphatic heterocycles. The van der Waals surface area contributed by atoms with Crippen LogP contribution >= 0.6 is 34.8 Å². The maximum absolute atomic E-state index is 10.5. The van der Waals surface area contributed by atoms with Gasteiger partial charge in [-0.05, 0) is 29.3 Å². The van der Waals surface area contributed by atoms with Crippen molar-refractivity contribution in [2.24, 2.45) is 0 Å². The van der Waals surface area contributed by atoms with E-state index in [1.165, 1.54) is 26.4 Å². The Kier molecular flexibility index (Phi) is 15.2. The maximum atomic E-state index is 10.5. The van der Waals surface area contributed by atoms with E-state index in [-0.39, 0.29) is 30.0 Å². The highest BCUT2D eigenvalue weighted by Gasteiger charge is 2.07. The first-order valence-corrected chi connectivity index (χ1v) is 11.3. The number of aromatic nitrogens is 3. The molecule has 0 bridgehead atoms. The van der Waals surface area contributed by atoms with E-state index in [0.29, 0.717) is 34.2 Å². The third kappa shape index (κ3) is 12.7. The lowest BCUT2D eigenvalue weighted by Gasteiger charge is -2.05. The molecule has 37 heavy (non-hydrogen) atoms. The van der Waals surface area contributed by atoms with Crippen molar-refractivity contribution in [2.75, 3.05) is 35.2 Å². The van der Waals surface area contributed by atoms with Gasteiger partial charge in [0, 0.05) is 25.3 Å². The normalized spacial score (nSPS) is 9.84. The quantitative estimate of drug-likeness (QED) is 0.210. The minimum Gasteiger partial charge on any atom is -0.481 e. The fourth-order valence-electron chi connectivity index (χ4n) is 2.37. The highest BCUT2D eigenvalue weighted by Crippen LogP contribution is 2.17. The molecule has 0 saturated carbocycles. The summed E-state index contributed by atoms with van der Waals surface area (Å²) in [5, 5.41) is 18.1. The monoisotopic (exact) mass is 577 g/mol. The molecule has 202 valence electrons. The summed E-state index contributed by atoms with van der Waals surface area (Å²) in [6.45, 7) is 0.618. The smallest absolute Gasteiger partial charge is 0.335 e. The van der Waals surface area contributed by atoms with Gasteiger partial charge in [0.25, 0.3) is 0 Å². The van der Waals surface area contributed by atoms with Crippen LogP contribution in [0.4, 0.5) is 0 Å². The highest BCUT2D eigenvalue weighted by atomic mass is 35.5. The number of aliphatic hydroxyl groups is 1. The number of methoxy groups -OCH3 is 4. The predicted molar refractivity (Wildman–Crippen MR) is 137 cm³/mol. The number of hydrogen-bond donors (Lipinski definition) is 2. The van der Waals surface area contributed by atoms with Crippen LogP contribution in [0.2, 0.25) is 15.5 Å². The Morgan fingerprint density at radius 2 is 1.22 bits per heavy atom. The first-order chi connectivity index (χ1) is 17.6. The molecule has 3 rings (SSSR count). The second-order valence-corrected chi connectivity index (χ2v) is 7.78. The molecule has 14 heteroatoms. The van der Waals surface area contributed by atoms with Gasteiger partial charge >= 0.3 is 5.97 Å². The summed E-state index contributed by atoms with van der Waals surface area (Å²) >= 11 is 16.9. The van der Waals surface area contributed by atoms with Crippen LogP contribution in [0, 0.1) is 0 Å². The van der Waals surface area contributed by atoms with E-state index in [0.717, 1.165) is 5.56 Å². The summed E-state index contributed by atoms with van der Waals surface area (Å²) in [6, 6.07) is 9.26. The zero-order valence-electron chi connectivity index (χ0n) is 20.4. The lowest BCUT2D eigenvalue weighted by atomic mass is 10.3. The van der Waals surface area contributed by atoms with Gasteiger partial charge in [0.15, 0.2) is 0 Å². The summed E-state index contributed by atoms with van der Waals surface area (Å²) in [5.74, 6) is 0.0348. The molecule has 0 aromatic carbocycles. The molecule has 0 fully saturated rings. The topological polar surface area (TPSA) is 142 Å². The zero-order valence-corrected chi connectivity index (χ0v) is 22.7. The average molecular weight is 579 g/mol. The van der Waals surface area contributed by atoms with Gasteiger partial charge < -0.3 is 33.9 Å². The highest BCUT2D eigenvalue weighted by molar-refractivity contribution is 6.30. The molecule has 3 aromatic rings. The molecule has 11 nitrogen and oxygen atoms in total. The van der Waals surface area contributed by atoms with Gasteiger partial charge in [-0.15, -0.1) is 0 Å². The second kappa shape index (κ2) is 17.5. The number of rotatable bonds is 9. The lowest BCUT2D eigenvalue weighted by Crippen LogP contribution is -1.98. The Hall–Kier alpha value is -2.93. The van der Waals surface area contributed by atoms with Crippen LogP contribution in [0.1, 0.15) is 21.5 Å². The Morgan fingerprint density at radius 1 is 0.757 bits per heavy atom. The Balaban J connectivity index is 0.000000280. The Labute approximate surface area is 228 Å². The van der Waals surface area contributed by atoms with Crippen molar-refractivity contribution in [1.82, 2.24) is 15.0 Å². The van der Waals surface area contributed by atoms with Crippen molar-refractivity contribution >= 4 is 40.8 Å². The Morgan fingerprint density at radius 3 is 1.68 bits per heavy atom. The molecule has 2 N–H and O–H groups in total. The van der Waals surface area contributed by atoms with Gasteiger partial charge in [-0.3, -0.25) is 0 Å². The molecule has 3 aromatic heterocycles. The van der Waals surface area contributed by atoms with Crippen molar-refractivity contribution in [3.05, 3.63) is 68.5 Å². The molecule has 0 aliphatic rings. The molecule has 0 unspecified atom stereocenters. The minimum atomic E-state index is -1.06. The number of ether oxygens (including phenoxy) is 5. The van der Waals surface area contributed by atoms with Crippen LogP contribution in [0.25, 0.3) is 0 Å². The molecule has 3 heterocycles. The summed E-state index contributed by atoms with van der Waals surface area (Å²) in [4.78, 5) is 22.0. The molecular formula is C23H26Cl3N3O8. The molecule has 0 spiro atoms. The summed E-state index contributed by atoms with van der Waals surface area (Å²) in [7, 11) is 6.00. The summed E-state index contributed by atoms with van der Waals surface area (Å²) in [5.41, 5.74) is 1.66. The average Bonchev–Trinajstić information content (AvgIpc) is 2.88. The number of carbonyl (C=O) groups is 1. The van der Waals surface area contributed by atoms with Gasteiger partial charge in [0.2, 0.25) is 17.6 Å². The molecule has 0 atom stereocenters. The minimum absolute atomic E-state index is 0.0569. The van der Waals surface area contributed by atoms with E-state index in [2.05, 4.69) is 15.0 Å². The van der Waals surface area contributed by atoms with Crippen LogP contribution in [-0.4, -0.2) is 66.4 Å². The molecule has 0 aliphatic carbocycles. The number of pyridine rings is 3. The van der Waals surface area contributed by atoms with Crippen LogP contribution in [0.3, 0.4) is 0 Å². The van der Waals surface area contributed by atoms with E-state index in [4.69, 9.17) is 68.7 Å². The van der Waals surface area contributed by atoms with Gasteiger partial charge in [0.1, 0.15) is 22.3 Å². The van der Waals surface area contributed by atoms with Crippen molar-refractivity contribution in [3.8, 4) is 17.6 Å². The third-order valence-corrected chi connectivity index (χ3v) is 4.54. The van der Waals surface area contributed by atoms with E-state index in [9.17, 15) is 4.79 Å². The number of aliphatic hydroxyl groups excluding tert-OH is 1. The predicted octanol–water partition coefficient (Wildman–Crippen LogP) is 4.54. The van der Waals surface area contributed by atoms with Crippen molar-refractivity contribution in [3.63, 3.8) is 0 Å². The number of nitrogens with zero attached hydrogens (tertiary/aromatic N) is 3. The van der Waals surface area contributed by atoms with Crippen molar-refractivity contribution < 1.29 is 38.7 Å². The van der Waals surface area contributed by atoms with Gasteiger partial charge in [-0.2, -0.15) is 0 Å². The third-order valence-electron chi connectivity index (χ3n) is 3.96. The molecule has 0 amide bonds.